The summed E-state index contributed by atoms with van der Waals surface area (Å²) >= 11 is 0. The molecule has 1 saturated heterocycles. The number of pyridine rings is 1. The van der Waals surface area contributed by atoms with Crippen LogP contribution in [0.1, 0.15) is 12.5 Å². The number of methoxy groups -OCH3 is 1. The first-order valence-corrected chi connectivity index (χ1v) is 11.0. The van der Waals surface area contributed by atoms with Crippen LogP contribution >= 0.6 is 0 Å². The SMILES string of the molecule is C/C=C/C1=CNc2ncc(-c3ccc(OCCN4CCN(C)CC4)c(OC)c3)cc2C1. The number of rotatable bonds is 7. The summed E-state index contributed by atoms with van der Waals surface area (Å²) in [5.74, 6) is 2.46. The molecule has 31 heavy (non-hydrogen) atoms. The summed E-state index contributed by atoms with van der Waals surface area (Å²) in [7, 11) is 3.86. The second kappa shape index (κ2) is 9.98. The number of nitrogens with zero attached hydrogens (tertiary/aromatic N) is 3. The van der Waals surface area contributed by atoms with Crippen LogP contribution in [-0.2, 0) is 6.42 Å². The minimum absolute atomic E-state index is 0.658. The van der Waals surface area contributed by atoms with Gasteiger partial charge in [0.15, 0.2) is 11.5 Å². The van der Waals surface area contributed by atoms with E-state index in [1.165, 1.54) is 11.1 Å². The van der Waals surface area contributed by atoms with Gasteiger partial charge < -0.3 is 19.7 Å². The van der Waals surface area contributed by atoms with E-state index in [0.717, 1.165) is 67.6 Å². The van der Waals surface area contributed by atoms with Gasteiger partial charge in [-0.1, -0.05) is 18.2 Å². The standard InChI is InChI=1S/C25H32N4O2/c1-4-5-19-14-21-15-22(18-27-25(21)26-17-19)20-6-7-23(24(16-20)30-3)31-13-12-29-10-8-28(2)9-11-29/h4-7,15-18H,8-14H2,1-3H3,(H,26,27)/b5-4+. The van der Waals surface area contributed by atoms with Crippen molar-refractivity contribution in [1.29, 1.82) is 0 Å². The molecule has 0 atom stereocenters. The number of fused-ring (bicyclic) bond motifs is 1. The number of hydrogen-bond acceptors (Lipinski definition) is 6. The number of ether oxygens (including phenoxy) is 2. The topological polar surface area (TPSA) is 49.9 Å². The lowest BCUT2D eigenvalue weighted by Crippen LogP contribution is -2.45. The molecular formula is C25H32N4O2. The largest absolute Gasteiger partial charge is 0.493 e. The fourth-order valence-electron chi connectivity index (χ4n) is 4.01. The number of benzene rings is 1. The van der Waals surface area contributed by atoms with Crippen LogP contribution in [0.25, 0.3) is 11.1 Å². The maximum Gasteiger partial charge on any atom is 0.161 e. The van der Waals surface area contributed by atoms with Crippen LogP contribution in [0, 0.1) is 0 Å². The highest BCUT2D eigenvalue weighted by Gasteiger charge is 2.15. The first-order chi connectivity index (χ1) is 15.2. The van der Waals surface area contributed by atoms with E-state index in [-0.39, 0.29) is 0 Å². The zero-order chi connectivity index (χ0) is 21.6. The molecule has 1 fully saturated rings. The molecule has 3 heterocycles. The Morgan fingerprint density at radius 2 is 1.94 bits per heavy atom. The van der Waals surface area contributed by atoms with Crippen molar-refractivity contribution in [3.63, 3.8) is 0 Å². The normalized spacial score (nSPS) is 17.2. The molecule has 0 aliphatic carbocycles. The number of aromatic nitrogens is 1. The van der Waals surface area contributed by atoms with Gasteiger partial charge in [-0.15, -0.1) is 0 Å². The number of anilines is 1. The lowest BCUT2D eigenvalue weighted by atomic mass is 9.99. The van der Waals surface area contributed by atoms with Crippen molar-refractivity contribution in [1.82, 2.24) is 14.8 Å². The summed E-state index contributed by atoms with van der Waals surface area (Å²) in [6.45, 7) is 8.06. The first-order valence-electron chi connectivity index (χ1n) is 11.0. The first kappa shape index (κ1) is 21.4. The smallest absolute Gasteiger partial charge is 0.161 e. The van der Waals surface area contributed by atoms with Crippen molar-refractivity contribution in [3.05, 3.63) is 60.0 Å². The Kier molecular flexibility index (Phi) is 6.89. The van der Waals surface area contributed by atoms with Crippen LogP contribution in [0.5, 0.6) is 11.5 Å². The summed E-state index contributed by atoms with van der Waals surface area (Å²) in [6.07, 6.45) is 8.98. The lowest BCUT2D eigenvalue weighted by Gasteiger charge is -2.32. The van der Waals surface area contributed by atoms with Crippen LogP contribution in [0.3, 0.4) is 0 Å². The van der Waals surface area contributed by atoms with Crippen molar-refractivity contribution in [2.45, 2.75) is 13.3 Å². The molecule has 1 aromatic heterocycles. The molecule has 0 bridgehead atoms. The number of piperazine rings is 1. The number of likely N-dealkylation sites (N-methyl/N-ethyl adjacent to an activating group) is 1. The molecule has 0 unspecified atom stereocenters. The Bertz CT molecular complexity index is 962. The predicted molar refractivity (Wildman–Crippen MR) is 126 cm³/mol. The number of allylic oxidation sites excluding steroid dienone is 3. The lowest BCUT2D eigenvalue weighted by molar-refractivity contribution is 0.133. The molecule has 6 nitrogen and oxygen atoms in total. The van der Waals surface area contributed by atoms with Gasteiger partial charge in [-0.2, -0.15) is 0 Å². The third-order valence-corrected chi connectivity index (χ3v) is 5.89. The zero-order valence-electron chi connectivity index (χ0n) is 18.7. The average molecular weight is 421 g/mol. The van der Waals surface area contributed by atoms with Gasteiger partial charge >= 0.3 is 0 Å². The van der Waals surface area contributed by atoms with E-state index in [1.54, 1.807) is 7.11 Å². The molecular weight excluding hydrogens is 388 g/mol. The molecule has 164 valence electrons. The summed E-state index contributed by atoms with van der Waals surface area (Å²) in [5, 5.41) is 3.28. The molecule has 0 spiro atoms. The molecule has 6 heteroatoms. The zero-order valence-corrected chi connectivity index (χ0v) is 18.7. The molecule has 1 N–H and O–H groups in total. The van der Waals surface area contributed by atoms with Crippen LogP contribution in [0.15, 0.2) is 54.4 Å². The van der Waals surface area contributed by atoms with Gasteiger partial charge in [-0.05, 0) is 48.9 Å². The van der Waals surface area contributed by atoms with Crippen LogP contribution < -0.4 is 14.8 Å². The van der Waals surface area contributed by atoms with Crippen LogP contribution in [0.4, 0.5) is 5.82 Å². The Labute approximate surface area is 185 Å². The average Bonchev–Trinajstić information content (AvgIpc) is 2.80. The van der Waals surface area contributed by atoms with E-state index < -0.39 is 0 Å². The van der Waals surface area contributed by atoms with E-state index in [2.05, 4.69) is 51.4 Å². The summed E-state index contributed by atoms with van der Waals surface area (Å²) < 4.78 is 11.7. The molecule has 2 aliphatic rings. The fraction of sp³-hybridized carbons (Fsp3) is 0.400. The van der Waals surface area contributed by atoms with E-state index in [9.17, 15) is 0 Å². The van der Waals surface area contributed by atoms with Crippen molar-refractivity contribution in [2.75, 3.05) is 58.8 Å². The van der Waals surface area contributed by atoms with Gasteiger partial charge in [0.25, 0.3) is 0 Å². The Balaban J connectivity index is 1.43. The Morgan fingerprint density at radius 1 is 1.10 bits per heavy atom. The molecule has 1 aromatic carbocycles. The Morgan fingerprint density at radius 3 is 2.71 bits per heavy atom. The second-order valence-electron chi connectivity index (χ2n) is 8.13. The molecule has 0 amide bonds. The van der Waals surface area contributed by atoms with Crippen LogP contribution in [0.2, 0.25) is 0 Å². The van der Waals surface area contributed by atoms with E-state index in [4.69, 9.17) is 9.47 Å². The summed E-state index contributed by atoms with van der Waals surface area (Å²) in [5.41, 5.74) is 4.58. The molecule has 2 aromatic rings. The summed E-state index contributed by atoms with van der Waals surface area (Å²) in [4.78, 5) is 9.43. The second-order valence-corrected chi connectivity index (χ2v) is 8.13. The quantitative estimate of drug-likeness (QED) is 0.735. The van der Waals surface area contributed by atoms with Gasteiger partial charge in [0.05, 0.1) is 7.11 Å². The van der Waals surface area contributed by atoms with Gasteiger partial charge in [0.1, 0.15) is 12.4 Å². The van der Waals surface area contributed by atoms with Crippen LogP contribution in [-0.4, -0.2) is 68.3 Å². The minimum atomic E-state index is 0.658. The van der Waals surface area contributed by atoms with Crippen molar-refractivity contribution in [3.8, 4) is 22.6 Å². The van der Waals surface area contributed by atoms with E-state index >= 15 is 0 Å². The van der Waals surface area contributed by atoms with Gasteiger partial charge in [0, 0.05) is 57.1 Å². The maximum atomic E-state index is 6.06. The van der Waals surface area contributed by atoms with Crippen molar-refractivity contribution >= 4 is 5.82 Å². The highest BCUT2D eigenvalue weighted by molar-refractivity contribution is 5.70. The number of hydrogen-bond donors (Lipinski definition) is 1. The van der Waals surface area contributed by atoms with Crippen molar-refractivity contribution in [2.24, 2.45) is 0 Å². The molecule has 0 radical (unpaired) electrons. The molecule has 4 rings (SSSR count). The Hall–Kier alpha value is -2.83. The maximum absolute atomic E-state index is 6.06. The monoisotopic (exact) mass is 420 g/mol. The molecule has 2 aliphatic heterocycles. The van der Waals surface area contributed by atoms with E-state index in [0.29, 0.717) is 6.61 Å². The van der Waals surface area contributed by atoms with Crippen molar-refractivity contribution < 1.29 is 9.47 Å². The predicted octanol–water partition coefficient (Wildman–Crippen LogP) is 3.81. The van der Waals surface area contributed by atoms with Gasteiger partial charge in [-0.25, -0.2) is 4.98 Å². The van der Waals surface area contributed by atoms with E-state index in [1.807, 2.05) is 31.5 Å². The highest BCUT2D eigenvalue weighted by Crippen LogP contribution is 2.34. The summed E-state index contributed by atoms with van der Waals surface area (Å²) in [6, 6.07) is 8.32. The third kappa shape index (κ3) is 5.27. The minimum Gasteiger partial charge on any atom is -0.493 e. The number of nitrogens with one attached hydrogen (secondary N) is 1. The van der Waals surface area contributed by atoms with Gasteiger partial charge in [0.2, 0.25) is 0 Å². The third-order valence-electron chi connectivity index (χ3n) is 5.89. The molecule has 0 saturated carbocycles. The highest BCUT2D eigenvalue weighted by atomic mass is 16.5. The fourth-order valence-corrected chi connectivity index (χ4v) is 4.01. The van der Waals surface area contributed by atoms with Gasteiger partial charge in [-0.3, -0.25) is 4.90 Å².